The number of fused-ring (bicyclic) bond motifs is 1. The lowest BCUT2D eigenvalue weighted by Gasteiger charge is -2.24. The molecule has 2 amide bonds. The minimum atomic E-state index is -0.188. The first-order valence-electron chi connectivity index (χ1n) is 9.41. The van der Waals surface area contributed by atoms with Crippen molar-refractivity contribution >= 4 is 49.9 Å². The van der Waals surface area contributed by atoms with Crippen LogP contribution in [-0.4, -0.2) is 16.8 Å². The second-order valence-corrected chi connectivity index (χ2v) is 9.18. The molecule has 0 bridgehead atoms. The number of halogens is 1. The lowest BCUT2D eigenvalue weighted by Crippen LogP contribution is -2.30. The van der Waals surface area contributed by atoms with E-state index in [0.29, 0.717) is 18.0 Å². The van der Waals surface area contributed by atoms with Gasteiger partial charge in [0.15, 0.2) is 5.13 Å². The average Bonchev–Trinajstić information content (AvgIpc) is 3.07. The molecule has 5 nitrogen and oxygen atoms in total. The number of amides is 2. The van der Waals surface area contributed by atoms with Gasteiger partial charge in [-0.25, -0.2) is 4.98 Å². The third-order valence-corrected chi connectivity index (χ3v) is 6.41. The predicted molar refractivity (Wildman–Crippen MR) is 120 cm³/mol. The lowest BCUT2D eigenvalue weighted by atomic mass is 9.89. The number of anilines is 2. The Morgan fingerprint density at radius 3 is 2.79 bits per heavy atom. The van der Waals surface area contributed by atoms with Crippen molar-refractivity contribution in [1.29, 1.82) is 0 Å². The van der Waals surface area contributed by atoms with E-state index in [1.807, 2.05) is 55.5 Å². The van der Waals surface area contributed by atoms with E-state index < -0.39 is 0 Å². The first-order valence-corrected chi connectivity index (χ1v) is 11.0. The highest BCUT2D eigenvalue weighted by Crippen LogP contribution is 2.32. The molecule has 1 aliphatic heterocycles. The summed E-state index contributed by atoms with van der Waals surface area (Å²) in [6.07, 6.45) is 1.46. The summed E-state index contributed by atoms with van der Waals surface area (Å²) in [6, 6.07) is 15.7. The minimum Gasteiger partial charge on any atom is -0.326 e. The smallest absolute Gasteiger partial charge is 0.227 e. The number of rotatable bonds is 5. The summed E-state index contributed by atoms with van der Waals surface area (Å²) in [5.74, 6) is -0.320. The molecule has 2 aromatic carbocycles. The zero-order valence-electron chi connectivity index (χ0n) is 15.9. The summed E-state index contributed by atoms with van der Waals surface area (Å²) >= 11 is 4.89. The van der Waals surface area contributed by atoms with Crippen molar-refractivity contribution < 1.29 is 9.59 Å². The van der Waals surface area contributed by atoms with Gasteiger partial charge in [0.2, 0.25) is 11.8 Å². The van der Waals surface area contributed by atoms with Crippen molar-refractivity contribution in [1.82, 2.24) is 4.98 Å². The van der Waals surface area contributed by atoms with Gasteiger partial charge < -0.3 is 10.6 Å². The molecule has 3 aromatic rings. The second-order valence-electron chi connectivity index (χ2n) is 7.07. The van der Waals surface area contributed by atoms with Crippen LogP contribution in [0.4, 0.5) is 10.8 Å². The largest absolute Gasteiger partial charge is 0.326 e. The molecule has 1 unspecified atom stereocenters. The van der Waals surface area contributed by atoms with Gasteiger partial charge >= 0.3 is 0 Å². The number of carbonyl (C=O) groups is 2. The highest BCUT2D eigenvalue weighted by Gasteiger charge is 2.26. The first kappa shape index (κ1) is 19.8. The number of para-hydroxylation sites is 1. The molecule has 148 valence electrons. The van der Waals surface area contributed by atoms with Crippen LogP contribution in [-0.2, 0) is 16.0 Å². The van der Waals surface area contributed by atoms with Crippen LogP contribution in [0.1, 0.15) is 23.3 Å². The number of aromatic nitrogens is 1. The van der Waals surface area contributed by atoms with Gasteiger partial charge in [0.05, 0.1) is 5.69 Å². The maximum absolute atomic E-state index is 12.4. The summed E-state index contributed by atoms with van der Waals surface area (Å²) in [7, 11) is 0. The Kier molecular flexibility index (Phi) is 5.78. The normalized spacial score (nSPS) is 15.5. The standard InChI is InChI=1S/C22H20BrN3O2S/c1-13-20(14-6-9-17(23)10-7-14)26-22(29-13)25-19(27)11-8-16-12-15-4-2-3-5-18(15)24-21(16)28/h2-7,9-10,16H,8,11-12H2,1H3,(H,24,28)(H,25,26,27). The van der Waals surface area contributed by atoms with E-state index in [1.165, 1.54) is 11.3 Å². The third kappa shape index (κ3) is 4.57. The van der Waals surface area contributed by atoms with E-state index in [2.05, 4.69) is 31.5 Å². The van der Waals surface area contributed by atoms with E-state index in [9.17, 15) is 9.59 Å². The van der Waals surface area contributed by atoms with Gasteiger partial charge in [0.25, 0.3) is 0 Å². The number of thiazole rings is 1. The SMILES string of the molecule is Cc1sc(NC(=O)CCC2Cc3ccccc3NC2=O)nc1-c1ccc(Br)cc1. The zero-order valence-corrected chi connectivity index (χ0v) is 18.3. The van der Waals surface area contributed by atoms with Crippen LogP contribution in [0.2, 0.25) is 0 Å². The maximum atomic E-state index is 12.4. The molecule has 0 radical (unpaired) electrons. The highest BCUT2D eigenvalue weighted by atomic mass is 79.9. The van der Waals surface area contributed by atoms with Gasteiger partial charge in [0, 0.05) is 32.9 Å². The number of nitrogens with one attached hydrogen (secondary N) is 2. The molecule has 1 aliphatic rings. The number of carbonyl (C=O) groups excluding carboxylic acids is 2. The van der Waals surface area contributed by atoms with Crippen molar-refractivity contribution in [2.75, 3.05) is 10.6 Å². The summed E-state index contributed by atoms with van der Waals surface area (Å²) in [4.78, 5) is 30.4. The lowest BCUT2D eigenvalue weighted by molar-refractivity contribution is -0.121. The maximum Gasteiger partial charge on any atom is 0.227 e. The van der Waals surface area contributed by atoms with Crippen molar-refractivity contribution in [2.24, 2.45) is 5.92 Å². The molecule has 1 atom stereocenters. The van der Waals surface area contributed by atoms with Gasteiger partial charge in [-0.3, -0.25) is 9.59 Å². The highest BCUT2D eigenvalue weighted by molar-refractivity contribution is 9.10. The van der Waals surface area contributed by atoms with Gasteiger partial charge in [-0.05, 0) is 43.5 Å². The number of hydrogen-bond acceptors (Lipinski definition) is 4. The van der Waals surface area contributed by atoms with Crippen LogP contribution in [0.15, 0.2) is 53.0 Å². The van der Waals surface area contributed by atoms with E-state index in [4.69, 9.17) is 0 Å². The van der Waals surface area contributed by atoms with Crippen molar-refractivity contribution in [3.63, 3.8) is 0 Å². The molecular formula is C22H20BrN3O2S. The molecule has 1 aromatic heterocycles. The fourth-order valence-electron chi connectivity index (χ4n) is 3.46. The fourth-order valence-corrected chi connectivity index (χ4v) is 4.58. The number of aryl methyl sites for hydroxylation is 1. The van der Waals surface area contributed by atoms with E-state index in [-0.39, 0.29) is 24.2 Å². The van der Waals surface area contributed by atoms with Gasteiger partial charge in [0.1, 0.15) is 0 Å². The quantitative estimate of drug-likeness (QED) is 0.524. The molecule has 29 heavy (non-hydrogen) atoms. The zero-order chi connectivity index (χ0) is 20.4. The Morgan fingerprint density at radius 1 is 1.24 bits per heavy atom. The van der Waals surface area contributed by atoms with Gasteiger partial charge in [-0.15, -0.1) is 11.3 Å². The van der Waals surface area contributed by atoms with Crippen LogP contribution in [0.25, 0.3) is 11.3 Å². The Balaban J connectivity index is 1.36. The molecule has 0 saturated heterocycles. The Hall–Kier alpha value is -2.51. The molecule has 0 aliphatic carbocycles. The second kappa shape index (κ2) is 8.47. The Morgan fingerprint density at radius 2 is 2.00 bits per heavy atom. The predicted octanol–water partition coefficient (Wildman–Crippen LogP) is 5.41. The third-order valence-electron chi connectivity index (χ3n) is 4.99. The van der Waals surface area contributed by atoms with Crippen molar-refractivity contribution in [2.45, 2.75) is 26.2 Å². The summed E-state index contributed by atoms with van der Waals surface area (Å²) in [5, 5.41) is 6.40. The number of benzene rings is 2. The molecule has 0 saturated carbocycles. The van der Waals surface area contributed by atoms with Crippen LogP contribution in [0.5, 0.6) is 0 Å². The van der Waals surface area contributed by atoms with Crippen molar-refractivity contribution in [3.8, 4) is 11.3 Å². The Bertz CT molecular complexity index is 1060. The molecule has 2 heterocycles. The molecule has 2 N–H and O–H groups in total. The fraction of sp³-hybridized carbons (Fsp3) is 0.227. The van der Waals surface area contributed by atoms with E-state index in [0.717, 1.165) is 31.9 Å². The Labute approximate surface area is 181 Å². The van der Waals surface area contributed by atoms with Crippen LogP contribution >= 0.6 is 27.3 Å². The van der Waals surface area contributed by atoms with E-state index in [1.54, 1.807) is 0 Å². The molecule has 0 spiro atoms. The summed E-state index contributed by atoms with van der Waals surface area (Å²) in [5.41, 5.74) is 3.88. The average molecular weight is 470 g/mol. The summed E-state index contributed by atoms with van der Waals surface area (Å²) < 4.78 is 1.01. The molecular weight excluding hydrogens is 450 g/mol. The van der Waals surface area contributed by atoms with Crippen LogP contribution < -0.4 is 10.6 Å². The topological polar surface area (TPSA) is 71.1 Å². The monoisotopic (exact) mass is 469 g/mol. The molecule has 7 heteroatoms. The van der Waals surface area contributed by atoms with Crippen LogP contribution in [0, 0.1) is 12.8 Å². The minimum absolute atomic E-state index is 0.0147. The number of hydrogen-bond donors (Lipinski definition) is 2. The molecule has 4 rings (SSSR count). The molecule has 0 fully saturated rings. The van der Waals surface area contributed by atoms with E-state index >= 15 is 0 Å². The summed E-state index contributed by atoms with van der Waals surface area (Å²) in [6.45, 7) is 1.99. The van der Waals surface area contributed by atoms with Crippen LogP contribution in [0.3, 0.4) is 0 Å². The number of nitrogens with zero attached hydrogens (tertiary/aromatic N) is 1. The first-order chi connectivity index (χ1) is 14.0. The van der Waals surface area contributed by atoms with Crippen molar-refractivity contribution in [3.05, 3.63) is 63.4 Å². The van der Waals surface area contributed by atoms with Gasteiger partial charge in [-0.1, -0.05) is 46.3 Å². The van der Waals surface area contributed by atoms with Gasteiger partial charge in [-0.2, -0.15) is 0 Å².